The summed E-state index contributed by atoms with van der Waals surface area (Å²) in [5.74, 6) is 0.492. The number of carbonyl (C=O) groups excluding carboxylic acids is 3. The van der Waals surface area contributed by atoms with Crippen LogP contribution in [-0.2, 0) is 16.0 Å². The lowest BCUT2D eigenvalue weighted by Crippen LogP contribution is -2.43. The summed E-state index contributed by atoms with van der Waals surface area (Å²) in [5, 5.41) is 3.46. The molecule has 1 saturated carbocycles. The summed E-state index contributed by atoms with van der Waals surface area (Å²) in [5.41, 5.74) is 2.74. The summed E-state index contributed by atoms with van der Waals surface area (Å²) in [4.78, 5) is 45.2. The maximum Gasteiger partial charge on any atom is 0.262 e. The molecule has 7 heteroatoms. The van der Waals surface area contributed by atoms with Crippen LogP contribution in [0, 0.1) is 0 Å². The minimum atomic E-state index is -0.0394. The number of fused-ring (bicyclic) bond motifs is 1. The van der Waals surface area contributed by atoms with E-state index in [2.05, 4.69) is 16.4 Å². The molecule has 1 aromatic carbocycles. The van der Waals surface area contributed by atoms with E-state index in [0.29, 0.717) is 30.8 Å². The second-order valence-electron chi connectivity index (χ2n) is 8.54. The molecular weight excluding hydrogens is 392 g/mol. The second-order valence-corrected chi connectivity index (χ2v) is 8.54. The van der Waals surface area contributed by atoms with Gasteiger partial charge in [0, 0.05) is 43.4 Å². The fraction of sp³-hybridized carbons (Fsp3) is 0.417. The molecule has 3 heterocycles. The van der Waals surface area contributed by atoms with Crippen molar-refractivity contribution in [1.29, 1.82) is 0 Å². The fourth-order valence-electron chi connectivity index (χ4n) is 5.06. The van der Waals surface area contributed by atoms with Crippen LogP contribution in [-0.4, -0.2) is 46.2 Å². The third kappa shape index (κ3) is 3.69. The van der Waals surface area contributed by atoms with E-state index in [4.69, 9.17) is 0 Å². The zero-order chi connectivity index (χ0) is 21.4. The summed E-state index contributed by atoms with van der Waals surface area (Å²) in [7, 11) is 0. The standard InChI is InChI=1S/C24H26N4O3/c29-21-11-12-22(30)28(21)18-9-7-17(8-10-18)26-23-19(5-3-14-25-23)24(31)27-15-13-16-4-1-2-6-20(16)27/h1-6,14,17-18H,7-13,15H2,(H,25,26). The maximum absolute atomic E-state index is 13.3. The number of pyridine rings is 1. The number of carbonyl (C=O) groups is 3. The first-order valence-corrected chi connectivity index (χ1v) is 11.1. The van der Waals surface area contributed by atoms with Gasteiger partial charge in [-0.05, 0) is 55.9 Å². The van der Waals surface area contributed by atoms with E-state index >= 15 is 0 Å². The van der Waals surface area contributed by atoms with Crippen LogP contribution in [0.25, 0.3) is 0 Å². The Labute approximate surface area is 181 Å². The predicted octanol–water partition coefficient (Wildman–Crippen LogP) is 3.16. The number of para-hydroxylation sites is 1. The molecule has 31 heavy (non-hydrogen) atoms. The van der Waals surface area contributed by atoms with Gasteiger partial charge < -0.3 is 10.2 Å². The van der Waals surface area contributed by atoms with E-state index in [9.17, 15) is 14.4 Å². The highest BCUT2D eigenvalue weighted by Gasteiger charge is 2.37. The van der Waals surface area contributed by atoms with Crippen LogP contribution in [0.3, 0.4) is 0 Å². The van der Waals surface area contributed by atoms with Crippen LogP contribution in [0.15, 0.2) is 42.6 Å². The summed E-state index contributed by atoms with van der Waals surface area (Å²) in [6.45, 7) is 0.676. The number of rotatable bonds is 4. The number of nitrogens with zero attached hydrogens (tertiary/aromatic N) is 3. The highest BCUT2D eigenvalue weighted by Crippen LogP contribution is 2.32. The van der Waals surface area contributed by atoms with Gasteiger partial charge in [-0.15, -0.1) is 0 Å². The first-order valence-electron chi connectivity index (χ1n) is 11.1. The van der Waals surface area contributed by atoms with Gasteiger partial charge in [0.2, 0.25) is 11.8 Å². The molecule has 2 fully saturated rings. The highest BCUT2D eigenvalue weighted by atomic mass is 16.2. The van der Waals surface area contributed by atoms with E-state index < -0.39 is 0 Å². The quantitative estimate of drug-likeness (QED) is 0.772. The number of hydrogen-bond acceptors (Lipinski definition) is 5. The molecule has 1 saturated heterocycles. The minimum absolute atomic E-state index is 0.00601. The lowest BCUT2D eigenvalue weighted by Gasteiger charge is -2.34. The third-order valence-corrected chi connectivity index (χ3v) is 6.66. The average molecular weight is 418 g/mol. The molecule has 5 rings (SSSR count). The molecule has 2 aliphatic heterocycles. The molecular formula is C24H26N4O3. The first kappa shape index (κ1) is 19.7. The van der Waals surface area contributed by atoms with E-state index in [1.807, 2.05) is 29.2 Å². The molecule has 1 N–H and O–H groups in total. The van der Waals surface area contributed by atoms with Crippen LogP contribution in [0.5, 0.6) is 0 Å². The van der Waals surface area contributed by atoms with Crippen molar-refractivity contribution in [1.82, 2.24) is 9.88 Å². The molecule has 7 nitrogen and oxygen atoms in total. The van der Waals surface area contributed by atoms with Crippen LogP contribution in [0.4, 0.5) is 11.5 Å². The van der Waals surface area contributed by atoms with Crippen LogP contribution >= 0.6 is 0 Å². The van der Waals surface area contributed by atoms with Crippen molar-refractivity contribution >= 4 is 29.2 Å². The average Bonchev–Trinajstić information content (AvgIpc) is 3.37. The number of imide groups is 1. The molecule has 0 bridgehead atoms. The number of amides is 3. The smallest absolute Gasteiger partial charge is 0.262 e. The van der Waals surface area contributed by atoms with E-state index in [1.54, 1.807) is 12.3 Å². The van der Waals surface area contributed by atoms with Crippen LogP contribution < -0.4 is 10.2 Å². The Morgan fingerprint density at radius 3 is 2.45 bits per heavy atom. The number of anilines is 2. The fourth-order valence-corrected chi connectivity index (χ4v) is 5.06. The van der Waals surface area contributed by atoms with E-state index in [0.717, 1.165) is 37.8 Å². The Morgan fingerprint density at radius 2 is 1.68 bits per heavy atom. The molecule has 3 amide bonds. The molecule has 3 aliphatic rings. The Morgan fingerprint density at radius 1 is 0.935 bits per heavy atom. The number of likely N-dealkylation sites (tertiary alicyclic amines) is 1. The normalized spacial score (nSPS) is 23.2. The molecule has 1 aromatic heterocycles. The second kappa shape index (κ2) is 8.13. The summed E-state index contributed by atoms with van der Waals surface area (Å²) in [6.07, 6.45) is 6.48. The molecule has 1 aliphatic carbocycles. The Hall–Kier alpha value is -3.22. The lowest BCUT2D eigenvalue weighted by atomic mass is 9.90. The van der Waals surface area contributed by atoms with Crippen LogP contribution in [0.2, 0.25) is 0 Å². The lowest BCUT2D eigenvalue weighted by molar-refractivity contribution is -0.141. The minimum Gasteiger partial charge on any atom is -0.367 e. The number of aromatic nitrogens is 1. The van der Waals surface area contributed by atoms with Crippen molar-refractivity contribution in [3.05, 3.63) is 53.7 Å². The highest BCUT2D eigenvalue weighted by molar-refractivity contribution is 6.10. The number of nitrogens with one attached hydrogen (secondary N) is 1. The van der Waals surface area contributed by atoms with Gasteiger partial charge in [-0.25, -0.2) is 4.98 Å². The molecule has 0 radical (unpaired) electrons. The zero-order valence-electron chi connectivity index (χ0n) is 17.4. The van der Waals surface area contributed by atoms with Crippen molar-refractivity contribution in [3.8, 4) is 0 Å². The van der Waals surface area contributed by atoms with Crippen molar-refractivity contribution in [2.24, 2.45) is 0 Å². The van der Waals surface area contributed by atoms with E-state index in [-0.39, 0.29) is 29.8 Å². The largest absolute Gasteiger partial charge is 0.367 e. The van der Waals surface area contributed by atoms with E-state index in [1.165, 1.54) is 10.5 Å². The molecule has 0 spiro atoms. The van der Waals surface area contributed by atoms with Crippen molar-refractivity contribution < 1.29 is 14.4 Å². The Balaban J connectivity index is 1.27. The van der Waals surface area contributed by atoms with Crippen LogP contribution in [0.1, 0.15) is 54.4 Å². The molecule has 0 unspecified atom stereocenters. The van der Waals surface area contributed by atoms with Crippen molar-refractivity contribution in [2.45, 2.75) is 57.0 Å². The van der Waals surface area contributed by atoms with Gasteiger partial charge in [-0.1, -0.05) is 18.2 Å². The summed E-state index contributed by atoms with van der Waals surface area (Å²) >= 11 is 0. The first-order chi connectivity index (χ1) is 15.1. The maximum atomic E-state index is 13.3. The van der Waals surface area contributed by atoms with Crippen molar-refractivity contribution in [2.75, 3.05) is 16.8 Å². The summed E-state index contributed by atoms with van der Waals surface area (Å²) in [6, 6.07) is 11.8. The SMILES string of the molecule is O=C(c1cccnc1NC1CCC(N2C(=O)CCC2=O)CC1)N1CCc2ccccc21. The third-order valence-electron chi connectivity index (χ3n) is 6.66. The zero-order valence-corrected chi connectivity index (χ0v) is 17.4. The van der Waals surface area contributed by atoms with Gasteiger partial charge in [-0.3, -0.25) is 19.3 Å². The molecule has 0 atom stereocenters. The van der Waals surface area contributed by atoms with Gasteiger partial charge in [0.05, 0.1) is 5.56 Å². The van der Waals surface area contributed by atoms with Gasteiger partial charge in [-0.2, -0.15) is 0 Å². The van der Waals surface area contributed by atoms with Gasteiger partial charge in [0.25, 0.3) is 5.91 Å². The molecule has 160 valence electrons. The topological polar surface area (TPSA) is 82.6 Å². The predicted molar refractivity (Wildman–Crippen MR) is 117 cm³/mol. The monoisotopic (exact) mass is 418 g/mol. The summed E-state index contributed by atoms with van der Waals surface area (Å²) < 4.78 is 0. The van der Waals surface area contributed by atoms with Gasteiger partial charge in [0.1, 0.15) is 5.82 Å². The van der Waals surface area contributed by atoms with Gasteiger partial charge in [0.15, 0.2) is 0 Å². The number of benzene rings is 1. The number of hydrogen-bond donors (Lipinski definition) is 1. The molecule has 2 aromatic rings. The Kier molecular flexibility index (Phi) is 5.18. The van der Waals surface area contributed by atoms with Crippen molar-refractivity contribution in [3.63, 3.8) is 0 Å². The Bertz CT molecular complexity index is 1010. The van der Waals surface area contributed by atoms with Gasteiger partial charge >= 0.3 is 0 Å².